The molecule has 0 rings (SSSR count). The summed E-state index contributed by atoms with van der Waals surface area (Å²) in [6.07, 6.45) is 5.73. The van der Waals surface area contributed by atoms with Gasteiger partial charge in [0.1, 0.15) is 0 Å². The van der Waals surface area contributed by atoms with E-state index in [2.05, 4.69) is 13.8 Å². The molecule has 0 spiro atoms. The van der Waals surface area contributed by atoms with E-state index in [1.807, 2.05) is 0 Å². The summed E-state index contributed by atoms with van der Waals surface area (Å²) in [5.41, 5.74) is 0. The number of hydrogen-bond acceptors (Lipinski definition) is 0. The van der Waals surface area contributed by atoms with Crippen molar-refractivity contribution < 1.29 is 0 Å². The van der Waals surface area contributed by atoms with Gasteiger partial charge in [0, 0.05) is 10.2 Å². The number of rotatable bonds is 5. The maximum Gasteiger partial charge on any atom is 0.00313 e. The Balaban J connectivity index is 2.88. The normalized spacial score (nSPS) is 14.0. The lowest BCUT2D eigenvalue weighted by Crippen LogP contribution is -1.92. The van der Waals surface area contributed by atoms with Gasteiger partial charge >= 0.3 is 0 Å². The molecule has 0 aromatic rings. The fourth-order valence-corrected chi connectivity index (χ4v) is 1.36. The Bertz CT molecular complexity index is 52.5. The average molecular weight is 144 g/mol. The van der Waals surface area contributed by atoms with Gasteiger partial charge in [-0.15, -0.1) is 0 Å². The van der Waals surface area contributed by atoms with Crippen LogP contribution in [0.2, 0.25) is 6.04 Å². The Morgan fingerprint density at radius 3 is 2.44 bits per heavy atom. The zero-order valence-electron chi connectivity index (χ0n) is 7.11. The molecule has 0 heterocycles. The second-order valence-corrected chi connectivity index (χ2v) is 3.83. The van der Waals surface area contributed by atoms with Crippen molar-refractivity contribution in [2.75, 3.05) is 0 Å². The summed E-state index contributed by atoms with van der Waals surface area (Å²) in [4.78, 5) is 0. The van der Waals surface area contributed by atoms with E-state index in [0.717, 1.165) is 5.92 Å². The molecule has 0 fully saturated rings. The molecule has 0 bridgehead atoms. The van der Waals surface area contributed by atoms with Crippen LogP contribution in [-0.4, -0.2) is 10.2 Å². The van der Waals surface area contributed by atoms with Crippen molar-refractivity contribution >= 4 is 10.2 Å². The van der Waals surface area contributed by atoms with Crippen LogP contribution in [-0.2, 0) is 0 Å². The van der Waals surface area contributed by atoms with E-state index in [0.29, 0.717) is 0 Å². The van der Waals surface area contributed by atoms with Crippen LogP contribution >= 0.6 is 0 Å². The van der Waals surface area contributed by atoms with Gasteiger partial charge in [0.15, 0.2) is 0 Å². The molecule has 0 aromatic heterocycles. The minimum absolute atomic E-state index is 1.02. The molecule has 0 aliphatic heterocycles. The highest BCUT2D eigenvalue weighted by atomic mass is 28.1. The van der Waals surface area contributed by atoms with E-state index in [9.17, 15) is 0 Å². The van der Waals surface area contributed by atoms with Gasteiger partial charge in [-0.3, -0.25) is 0 Å². The van der Waals surface area contributed by atoms with Gasteiger partial charge in [-0.25, -0.2) is 0 Å². The maximum atomic E-state index is 2.38. The summed E-state index contributed by atoms with van der Waals surface area (Å²) in [7, 11) is 1.39. The minimum atomic E-state index is 1.02. The first-order chi connectivity index (χ1) is 4.31. The van der Waals surface area contributed by atoms with Crippen molar-refractivity contribution in [1.29, 1.82) is 0 Å². The highest BCUT2D eigenvalue weighted by molar-refractivity contribution is 6.08. The van der Waals surface area contributed by atoms with E-state index in [1.165, 1.54) is 42.0 Å². The van der Waals surface area contributed by atoms with E-state index >= 15 is 0 Å². The summed E-state index contributed by atoms with van der Waals surface area (Å²) in [6.45, 7) is 4.65. The SMILES string of the molecule is CCCCCC(C)C[SiH3]. The molecule has 0 saturated heterocycles. The van der Waals surface area contributed by atoms with Crippen LogP contribution in [0.3, 0.4) is 0 Å². The van der Waals surface area contributed by atoms with Crippen molar-refractivity contribution in [2.45, 2.75) is 45.6 Å². The Labute approximate surface area is 62.5 Å². The van der Waals surface area contributed by atoms with Crippen LogP contribution in [0.4, 0.5) is 0 Å². The molecule has 0 N–H and O–H groups in total. The van der Waals surface area contributed by atoms with Gasteiger partial charge in [-0.1, -0.05) is 45.6 Å². The number of hydrogen-bond donors (Lipinski definition) is 0. The molecule has 1 heteroatoms. The van der Waals surface area contributed by atoms with Gasteiger partial charge in [0.2, 0.25) is 0 Å². The van der Waals surface area contributed by atoms with Gasteiger partial charge < -0.3 is 0 Å². The van der Waals surface area contributed by atoms with Crippen LogP contribution in [0.25, 0.3) is 0 Å². The zero-order chi connectivity index (χ0) is 7.11. The molecule has 0 amide bonds. The van der Waals surface area contributed by atoms with Crippen molar-refractivity contribution in [3.8, 4) is 0 Å². The Morgan fingerprint density at radius 2 is 2.00 bits per heavy atom. The van der Waals surface area contributed by atoms with Gasteiger partial charge in [-0.05, 0) is 5.92 Å². The highest BCUT2D eigenvalue weighted by Gasteiger charge is 1.95. The molecule has 9 heavy (non-hydrogen) atoms. The van der Waals surface area contributed by atoms with E-state index < -0.39 is 0 Å². The third-order valence-electron chi connectivity index (χ3n) is 2.00. The molecule has 0 saturated carbocycles. The molecule has 1 unspecified atom stereocenters. The molecule has 0 aromatic carbocycles. The van der Waals surface area contributed by atoms with Crippen LogP contribution in [0.1, 0.15) is 39.5 Å². The standard InChI is InChI=1S/C8H20Si/c1-3-4-5-6-8(2)7-9/h8H,3-7H2,1-2,9H3. The average Bonchev–Trinajstić information content (AvgIpc) is 1.89. The van der Waals surface area contributed by atoms with Gasteiger partial charge in [0.25, 0.3) is 0 Å². The highest BCUT2D eigenvalue weighted by Crippen LogP contribution is 2.10. The summed E-state index contributed by atoms with van der Waals surface area (Å²) >= 11 is 0. The molecule has 1 atom stereocenters. The zero-order valence-corrected chi connectivity index (χ0v) is 9.11. The van der Waals surface area contributed by atoms with Gasteiger partial charge in [-0.2, -0.15) is 0 Å². The largest absolute Gasteiger partial charge is 0.0654 e. The Kier molecular flexibility index (Phi) is 6.49. The molecule has 0 nitrogen and oxygen atoms in total. The fourth-order valence-electron chi connectivity index (χ4n) is 0.947. The smallest absolute Gasteiger partial charge is 0.00313 e. The van der Waals surface area contributed by atoms with Crippen LogP contribution in [0.5, 0.6) is 0 Å². The van der Waals surface area contributed by atoms with Crippen molar-refractivity contribution in [2.24, 2.45) is 5.92 Å². The van der Waals surface area contributed by atoms with E-state index in [1.54, 1.807) is 0 Å². The lowest BCUT2D eigenvalue weighted by Gasteiger charge is -2.05. The van der Waals surface area contributed by atoms with Crippen molar-refractivity contribution in [1.82, 2.24) is 0 Å². The van der Waals surface area contributed by atoms with Crippen molar-refractivity contribution in [3.05, 3.63) is 0 Å². The molecular weight excluding hydrogens is 124 g/mol. The topological polar surface area (TPSA) is 0 Å². The predicted octanol–water partition coefficient (Wildman–Crippen LogP) is 1.99. The molecule has 0 aliphatic rings. The quantitative estimate of drug-likeness (QED) is 0.409. The first-order valence-corrected chi connectivity index (χ1v) is 5.72. The van der Waals surface area contributed by atoms with E-state index in [-0.39, 0.29) is 0 Å². The lowest BCUT2D eigenvalue weighted by molar-refractivity contribution is 0.534. The molecular formula is C8H20Si. The predicted molar refractivity (Wildman–Crippen MR) is 48.1 cm³/mol. The summed E-state index contributed by atoms with van der Waals surface area (Å²) in [5, 5.41) is 0. The van der Waals surface area contributed by atoms with Crippen LogP contribution in [0, 0.1) is 5.92 Å². The third-order valence-corrected chi connectivity index (χ3v) is 3.39. The van der Waals surface area contributed by atoms with Crippen LogP contribution in [0.15, 0.2) is 0 Å². The fraction of sp³-hybridized carbons (Fsp3) is 1.00. The van der Waals surface area contributed by atoms with Crippen LogP contribution < -0.4 is 0 Å². The first kappa shape index (κ1) is 9.22. The molecule has 56 valence electrons. The third kappa shape index (κ3) is 6.10. The summed E-state index contributed by atoms with van der Waals surface area (Å²) in [6, 6.07) is 1.49. The number of unbranched alkanes of at least 4 members (excludes halogenated alkanes) is 2. The molecule has 0 aliphatic carbocycles. The van der Waals surface area contributed by atoms with Gasteiger partial charge in [0.05, 0.1) is 0 Å². The van der Waals surface area contributed by atoms with Crippen molar-refractivity contribution in [3.63, 3.8) is 0 Å². The lowest BCUT2D eigenvalue weighted by atomic mass is 10.1. The monoisotopic (exact) mass is 144 g/mol. The minimum Gasteiger partial charge on any atom is -0.0654 e. The molecule has 0 radical (unpaired) electrons. The summed E-state index contributed by atoms with van der Waals surface area (Å²) in [5.74, 6) is 1.02. The second-order valence-electron chi connectivity index (χ2n) is 3.01. The first-order valence-electron chi connectivity index (χ1n) is 4.31. The summed E-state index contributed by atoms with van der Waals surface area (Å²) < 4.78 is 0. The van der Waals surface area contributed by atoms with E-state index in [4.69, 9.17) is 0 Å². The maximum absolute atomic E-state index is 2.38. The Hall–Kier alpha value is 0.217. The second kappa shape index (κ2) is 6.34. The Morgan fingerprint density at radius 1 is 1.33 bits per heavy atom.